The summed E-state index contributed by atoms with van der Waals surface area (Å²) in [4.78, 5) is 4.17. The normalized spacial score (nSPS) is 12.5. The molecule has 0 saturated carbocycles. The molecule has 1 heterocycles. The fraction of sp³-hybridized carbons (Fsp3) is 0.214. The summed E-state index contributed by atoms with van der Waals surface area (Å²) in [7, 11) is 0. The highest BCUT2D eigenvalue weighted by atomic mass is 19.2. The highest BCUT2D eigenvalue weighted by Crippen LogP contribution is 2.26. The van der Waals surface area contributed by atoms with Crippen LogP contribution in [0.25, 0.3) is 0 Å². The van der Waals surface area contributed by atoms with Crippen LogP contribution in [0.5, 0.6) is 0 Å². The van der Waals surface area contributed by atoms with E-state index in [2.05, 4.69) is 4.98 Å². The minimum Gasteiger partial charge on any atom is -0.384 e. The molecule has 0 radical (unpaired) electrons. The van der Waals surface area contributed by atoms with E-state index in [1.807, 2.05) is 0 Å². The highest BCUT2D eigenvalue weighted by Gasteiger charge is 2.18. The average molecular weight is 249 g/mol. The highest BCUT2D eigenvalue weighted by molar-refractivity contribution is 5.32. The predicted octanol–water partition coefficient (Wildman–Crippen LogP) is 3.06. The summed E-state index contributed by atoms with van der Waals surface area (Å²) in [5, 5.41) is 10.1. The monoisotopic (exact) mass is 249 g/mol. The first kappa shape index (κ1) is 12.6. The standard InChI is InChI=1S/C14H13F2NO/c1-8-6-10(7-9(2)17-8)14(18)11-4-3-5-12(15)13(11)16/h3-7,14,18H,1-2H3. The minimum atomic E-state index is -1.19. The lowest BCUT2D eigenvalue weighted by molar-refractivity contribution is 0.213. The van der Waals surface area contributed by atoms with Crippen LogP contribution in [0.1, 0.15) is 28.6 Å². The van der Waals surface area contributed by atoms with Gasteiger partial charge in [0.05, 0.1) is 0 Å². The van der Waals surface area contributed by atoms with Crippen molar-refractivity contribution in [3.8, 4) is 0 Å². The summed E-state index contributed by atoms with van der Waals surface area (Å²) in [6.07, 6.45) is -1.19. The van der Waals surface area contributed by atoms with E-state index in [0.29, 0.717) is 5.56 Å². The molecule has 0 bridgehead atoms. The molecule has 0 fully saturated rings. The smallest absolute Gasteiger partial charge is 0.164 e. The van der Waals surface area contributed by atoms with E-state index in [4.69, 9.17) is 0 Å². The number of nitrogens with zero attached hydrogens (tertiary/aromatic N) is 1. The molecular formula is C14H13F2NO. The van der Waals surface area contributed by atoms with Gasteiger partial charge in [0.15, 0.2) is 11.6 Å². The van der Waals surface area contributed by atoms with Gasteiger partial charge in [-0.15, -0.1) is 0 Å². The Morgan fingerprint density at radius 3 is 2.33 bits per heavy atom. The number of aliphatic hydroxyl groups excluding tert-OH is 1. The molecule has 1 aromatic heterocycles. The average Bonchev–Trinajstić information content (AvgIpc) is 2.30. The summed E-state index contributed by atoms with van der Waals surface area (Å²) >= 11 is 0. The van der Waals surface area contributed by atoms with Crippen molar-refractivity contribution in [2.75, 3.05) is 0 Å². The lowest BCUT2D eigenvalue weighted by Gasteiger charge is -2.13. The van der Waals surface area contributed by atoms with Gasteiger partial charge in [-0.2, -0.15) is 0 Å². The maximum Gasteiger partial charge on any atom is 0.164 e. The molecule has 0 amide bonds. The molecule has 1 atom stereocenters. The number of hydrogen-bond acceptors (Lipinski definition) is 2. The number of rotatable bonds is 2. The van der Waals surface area contributed by atoms with Crippen LogP contribution in [-0.2, 0) is 0 Å². The third kappa shape index (κ3) is 2.38. The predicted molar refractivity (Wildman–Crippen MR) is 64.1 cm³/mol. The first-order valence-corrected chi connectivity index (χ1v) is 5.56. The van der Waals surface area contributed by atoms with Crippen molar-refractivity contribution in [2.45, 2.75) is 20.0 Å². The van der Waals surface area contributed by atoms with E-state index in [0.717, 1.165) is 17.5 Å². The number of pyridine rings is 1. The Morgan fingerprint density at radius 1 is 1.11 bits per heavy atom. The molecule has 0 aliphatic rings. The van der Waals surface area contributed by atoms with Gasteiger partial charge in [-0.1, -0.05) is 12.1 Å². The van der Waals surface area contributed by atoms with E-state index in [1.54, 1.807) is 26.0 Å². The van der Waals surface area contributed by atoms with E-state index < -0.39 is 17.7 Å². The van der Waals surface area contributed by atoms with Crippen LogP contribution < -0.4 is 0 Å². The Bertz CT molecular complexity index is 564. The van der Waals surface area contributed by atoms with Gasteiger partial charge < -0.3 is 5.11 Å². The number of aliphatic hydroxyl groups is 1. The third-order valence-electron chi connectivity index (χ3n) is 2.70. The second kappa shape index (κ2) is 4.82. The summed E-state index contributed by atoms with van der Waals surface area (Å²) < 4.78 is 26.7. The molecule has 2 aromatic rings. The number of halogens is 2. The molecule has 18 heavy (non-hydrogen) atoms. The van der Waals surface area contributed by atoms with Crippen LogP contribution in [-0.4, -0.2) is 10.1 Å². The number of hydrogen-bond donors (Lipinski definition) is 1. The number of benzene rings is 1. The van der Waals surface area contributed by atoms with Gasteiger partial charge in [0.1, 0.15) is 6.10 Å². The lowest BCUT2D eigenvalue weighted by Crippen LogP contribution is -2.05. The lowest BCUT2D eigenvalue weighted by atomic mass is 10.0. The fourth-order valence-electron chi connectivity index (χ4n) is 1.94. The maximum atomic E-state index is 13.6. The van der Waals surface area contributed by atoms with Crippen molar-refractivity contribution in [3.63, 3.8) is 0 Å². The minimum absolute atomic E-state index is 0.0694. The maximum absolute atomic E-state index is 13.6. The van der Waals surface area contributed by atoms with Crippen LogP contribution in [0.3, 0.4) is 0 Å². The van der Waals surface area contributed by atoms with Crippen LogP contribution in [0, 0.1) is 25.5 Å². The summed E-state index contributed by atoms with van der Waals surface area (Å²) in [6, 6.07) is 7.07. The Morgan fingerprint density at radius 2 is 1.72 bits per heavy atom. The van der Waals surface area contributed by atoms with Gasteiger partial charge in [-0.05, 0) is 37.6 Å². The number of aryl methyl sites for hydroxylation is 2. The molecule has 1 aromatic carbocycles. The fourth-order valence-corrected chi connectivity index (χ4v) is 1.94. The molecule has 2 nitrogen and oxygen atoms in total. The van der Waals surface area contributed by atoms with Gasteiger partial charge in [-0.25, -0.2) is 8.78 Å². The van der Waals surface area contributed by atoms with Crippen molar-refractivity contribution in [2.24, 2.45) is 0 Å². The van der Waals surface area contributed by atoms with Gasteiger partial charge in [0.25, 0.3) is 0 Å². The Hall–Kier alpha value is -1.81. The Balaban J connectivity index is 2.47. The summed E-state index contributed by atoms with van der Waals surface area (Å²) in [5.74, 6) is -1.98. The third-order valence-corrected chi connectivity index (χ3v) is 2.70. The van der Waals surface area contributed by atoms with Crippen LogP contribution >= 0.6 is 0 Å². The molecule has 0 spiro atoms. The van der Waals surface area contributed by atoms with Crippen LogP contribution in [0.15, 0.2) is 30.3 Å². The summed E-state index contributed by atoms with van der Waals surface area (Å²) in [6.45, 7) is 3.57. The molecule has 0 aliphatic carbocycles. The van der Waals surface area contributed by atoms with Crippen molar-refractivity contribution < 1.29 is 13.9 Å². The zero-order valence-corrected chi connectivity index (χ0v) is 10.1. The van der Waals surface area contributed by atoms with Gasteiger partial charge in [0.2, 0.25) is 0 Å². The van der Waals surface area contributed by atoms with E-state index in [9.17, 15) is 13.9 Å². The summed E-state index contributed by atoms with van der Waals surface area (Å²) in [5.41, 5.74) is 1.88. The molecule has 2 rings (SSSR count). The van der Waals surface area contributed by atoms with E-state index >= 15 is 0 Å². The zero-order chi connectivity index (χ0) is 13.3. The Labute approximate surface area is 104 Å². The van der Waals surface area contributed by atoms with E-state index in [-0.39, 0.29) is 5.56 Å². The van der Waals surface area contributed by atoms with Crippen molar-refractivity contribution in [1.82, 2.24) is 4.98 Å². The van der Waals surface area contributed by atoms with Crippen molar-refractivity contribution in [1.29, 1.82) is 0 Å². The quantitative estimate of drug-likeness (QED) is 0.887. The molecule has 0 saturated heterocycles. The van der Waals surface area contributed by atoms with Gasteiger partial charge in [0, 0.05) is 17.0 Å². The SMILES string of the molecule is Cc1cc(C(O)c2cccc(F)c2F)cc(C)n1. The second-order valence-corrected chi connectivity index (χ2v) is 4.23. The van der Waals surface area contributed by atoms with Crippen molar-refractivity contribution >= 4 is 0 Å². The largest absolute Gasteiger partial charge is 0.384 e. The van der Waals surface area contributed by atoms with E-state index in [1.165, 1.54) is 12.1 Å². The molecule has 1 N–H and O–H groups in total. The zero-order valence-electron chi connectivity index (χ0n) is 10.1. The van der Waals surface area contributed by atoms with Crippen LogP contribution in [0.2, 0.25) is 0 Å². The first-order valence-electron chi connectivity index (χ1n) is 5.56. The first-order chi connectivity index (χ1) is 8.49. The molecule has 94 valence electrons. The topological polar surface area (TPSA) is 33.1 Å². The van der Waals surface area contributed by atoms with Gasteiger partial charge in [-0.3, -0.25) is 4.98 Å². The molecular weight excluding hydrogens is 236 g/mol. The number of aromatic nitrogens is 1. The molecule has 4 heteroatoms. The van der Waals surface area contributed by atoms with Gasteiger partial charge >= 0.3 is 0 Å². The molecule has 1 unspecified atom stereocenters. The van der Waals surface area contributed by atoms with Crippen LogP contribution in [0.4, 0.5) is 8.78 Å². The molecule has 0 aliphatic heterocycles. The van der Waals surface area contributed by atoms with Crippen molar-refractivity contribution in [3.05, 3.63) is 64.5 Å². The Kier molecular flexibility index (Phi) is 3.39. The second-order valence-electron chi connectivity index (χ2n) is 4.23.